The molecule has 0 saturated heterocycles. The van der Waals surface area contributed by atoms with E-state index in [4.69, 9.17) is 10.5 Å². The minimum atomic E-state index is -0.0779. The number of hydrogen-bond donors (Lipinski definition) is 1. The normalized spacial score (nSPS) is 15.4. The van der Waals surface area contributed by atoms with Crippen LogP contribution in [0.5, 0.6) is 5.75 Å². The van der Waals surface area contributed by atoms with Crippen molar-refractivity contribution < 1.29 is 4.74 Å². The zero-order valence-corrected chi connectivity index (χ0v) is 11.3. The third kappa shape index (κ3) is 1.93. The van der Waals surface area contributed by atoms with Crippen molar-refractivity contribution in [3.05, 3.63) is 51.2 Å². The van der Waals surface area contributed by atoms with Crippen LogP contribution in [0.15, 0.2) is 29.6 Å². The van der Waals surface area contributed by atoms with Gasteiger partial charge in [-0.3, -0.25) is 0 Å². The van der Waals surface area contributed by atoms with Crippen LogP contribution >= 0.6 is 11.3 Å². The molecule has 0 radical (unpaired) electrons. The summed E-state index contributed by atoms with van der Waals surface area (Å²) in [4.78, 5) is 1.11. The highest BCUT2D eigenvalue weighted by Gasteiger charge is 2.18. The molecule has 3 rings (SSSR count). The number of hydrogen-bond acceptors (Lipinski definition) is 3. The first-order valence-electron chi connectivity index (χ1n) is 6.28. The predicted molar refractivity (Wildman–Crippen MR) is 75.4 cm³/mol. The molecule has 1 aromatic heterocycles. The van der Waals surface area contributed by atoms with E-state index in [0.717, 1.165) is 10.6 Å². The molecule has 0 spiro atoms. The summed E-state index contributed by atoms with van der Waals surface area (Å²) in [6, 6.07) is 8.57. The largest absolute Gasteiger partial charge is 0.496 e. The Balaban J connectivity index is 1.95. The number of ether oxygens (including phenoxy) is 1. The molecule has 2 N–H and O–H groups in total. The van der Waals surface area contributed by atoms with Gasteiger partial charge in [-0.1, -0.05) is 18.2 Å². The lowest BCUT2D eigenvalue weighted by molar-refractivity contribution is 0.411. The molecular formula is C15H17NOS. The summed E-state index contributed by atoms with van der Waals surface area (Å²) < 4.78 is 5.35. The second-order valence-corrected chi connectivity index (χ2v) is 5.66. The molecule has 3 heteroatoms. The van der Waals surface area contributed by atoms with Crippen molar-refractivity contribution in [2.24, 2.45) is 5.73 Å². The fraction of sp³-hybridized carbons (Fsp3) is 0.333. The van der Waals surface area contributed by atoms with E-state index in [1.165, 1.54) is 36.0 Å². The van der Waals surface area contributed by atoms with E-state index in [1.54, 1.807) is 18.4 Å². The number of benzene rings is 1. The van der Waals surface area contributed by atoms with Gasteiger partial charge in [0.2, 0.25) is 0 Å². The van der Waals surface area contributed by atoms with E-state index < -0.39 is 0 Å². The fourth-order valence-electron chi connectivity index (χ4n) is 2.64. The van der Waals surface area contributed by atoms with E-state index in [9.17, 15) is 0 Å². The Morgan fingerprint density at radius 3 is 2.89 bits per heavy atom. The first kappa shape index (κ1) is 11.8. The molecule has 94 valence electrons. The molecule has 1 atom stereocenters. The van der Waals surface area contributed by atoms with Crippen LogP contribution in [0.2, 0.25) is 0 Å². The van der Waals surface area contributed by atoms with Gasteiger partial charge >= 0.3 is 0 Å². The molecule has 0 fully saturated rings. The summed E-state index contributed by atoms with van der Waals surface area (Å²) in [5, 5.41) is 2.03. The molecule has 1 aliphatic rings. The van der Waals surface area contributed by atoms with Crippen molar-refractivity contribution in [1.82, 2.24) is 0 Å². The van der Waals surface area contributed by atoms with Gasteiger partial charge in [-0.05, 0) is 47.4 Å². The number of thiophene rings is 1. The van der Waals surface area contributed by atoms with Crippen LogP contribution in [0.4, 0.5) is 0 Å². The Bertz CT molecular complexity index is 561. The standard InChI is InChI=1S/C15H17NOS/c1-17-13-7-8-18-15(13)14(16)12-6-5-10-3-2-4-11(10)9-12/h5-9,14H,2-4,16H2,1H3. The van der Waals surface area contributed by atoms with Crippen molar-refractivity contribution in [2.75, 3.05) is 7.11 Å². The molecule has 18 heavy (non-hydrogen) atoms. The molecule has 0 saturated carbocycles. The zero-order chi connectivity index (χ0) is 12.5. The summed E-state index contributed by atoms with van der Waals surface area (Å²) in [6.45, 7) is 0. The molecule has 0 aliphatic heterocycles. The van der Waals surface area contributed by atoms with E-state index in [0.29, 0.717) is 0 Å². The van der Waals surface area contributed by atoms with Crippen LogP contribution < -0.4 is 10.5 Å². The Morgan fingerprint density at radius 1 is 1.22 bits per heavy atom. The second kappa shape index (κ2) is 4.75. The average Bonchev–Trinajstić information content (AvgIpc) is 3.05. The Hall–Kier alpha value is -1.32. The number of rotatable bonds is 3. The topological polar surface area (TPSA) is 35.2 Å². The van der Waals surface area contributed by atoms with Crippen LogP contribution in [-0.4, -0.2) is 7.11 Å². The SMILES string of the molecule is COc1ccsc1C(N)c1ccc2c(c1)CCC2. The summed E-state index contributed by atoms with van der Waals surface area (Å²) in [7, 11) is 1.70. The van der Waals surface area contributed by atoms with Crippen LogP contribution in [0, 0.1) is 0 Å². The van der Waals surface area contributed by atoms with E-state index in [-0.39, 0.29) is 6.04 Å². The van der Waals surface area contributed by atoms with Crippen molar-refractivity contribution in [1.29, 1.82) is 0 Å². The second-order valence-electron chi connectivity index (χ2n) is 4.71. The van der Waals surface area contributed by atoms with Gasteiger partial charge < -0.3 is 10.5 Å². The van der Waals surface area contributed by atoms with Gasteiger partial charge in [0.1, 0.15) is 5.75 Å². The lowest BCUT2D eigenvalue weighted by atomic mass is 10.0. The first-order chi connectivity index (χ1) is 8.79. The Kier molecular flexibility index (Phi) is 3.10. The maximum atomic E-state index is 6.36. The molecule has 0 amide bonds. The molecule has 2 aromatic rings. The van der Waals surface area contributed by atoms with Gasteiger partial charge in [0.25, 0.3) is 0 Å². The lowest BCUT2D eigenvalue weighted by Crippen LogP contribution is -2.11. The molecular weight excluding hydrogens is 242 g/mol. The average molecular weight is 259 g/mol. The smallest absolute Gasteiger partial charge is 0.134 e. The number of fused-ring (bicyclic) bond motifs is 1. The van der Waals surface area contributed by atoms with Gasteiger partial charge in [-0.25, -0.2) is 0 Å². The highest BCUT2D eigenvalue weighted by molar-refractivity contribution is 7.10. The summed E-state index contributed by atoms with van der Waals surface area (Å²) in [6.07, 6.45) is 3.68. The molecule has 1 aliphatic carbocycles. The van der Waals surface area contributed by atoms with E-state index >= 15 is 0 Å². The van der Waals surface area contributed by atoms with Gasteiger partial charge in [0, 0.05) is 0 Å². The molecule has 0 bridgehead atoms. The minimum absolute atomic E-state index is 0.0779. The van der Waals surface area contributed by atoms with E-state index in [2.05, 4.69) is 18.2 Å². The van der Waals surface area contributed by atoms with E-state index in [1.807, 2.05) is 11.4 Å². The molecule has 1 heterocycles. The van der Waals surface area contributed by atoms with Gasteiger partial charge in [0.05, 0.1) is 18.0 Å². The zero-order valence-electron chi connectivity index (χ0n) is 10.5. The third-order valence-corrected chi connectivity index (χ3v) is 4.62. The van der Waals surface area contributed by atoms with Crippen molar-refractivity contribution in [3.63, 3.8) is 0 Å². The van der Waals surface area contributed by atoms with Crippen molar-refractivity contribution in [3.8, 4) is 5.75 Å². The highest BCUT2D eigenvalue weighted by atomic mass is 32.1. The van der Waals surface area contributed by atoms with Crippen LogP contribution in [0.3, 0.4) is 0 Å². The maximum Gasteiger partial charge on any atom is 0.134 e. The quantitative estimate of drug-likeness (QED) is 0.918. The molecule has 1 unspecified atom stereocenters. The molecule has 2 nitrogen and oxygen atoms in total. The van der Waals surface area contributed by atoms with Crippen molar-refractivity contribution >= 4 is 11.3 Å². The van der Waals surface area contributed by atoms with Gasteiger partial charge in [-0.2, -0.15) is 0 Å². The van der Waals surface area contributed by atoms with Crippen molar-refractivity contribution in [2.45, 2.75) is 25.3 Å². The lowest BCUT2D eigenvalue weighted by Gasteiger charge is -2.13. The maximum absolute atomic E-state index is 6.36. The molecule has 1 aromatic carbocycles. The van der Waals surface area contributed by atoms with Crippen LogP contribution in [-0.2, 0) is 12.8 Å². The van der Waals surface area contributed by atoms with Crippen LogP contribution in [0.1, 0.15) is 34.0 Å². The number of nitrogens with two attached hydrogens (primary N) is 1. The monoisotopic (exact) mass is 259 g/mol. The Labute approximate surface area is 111 Å². The predicted octanol–water partition coefficient (Wildman–Crippen LogP) is 3.29. The number of aryl methyl sites for hydroxylation is 2. The third-order valence-electron chi connectivity index (χ3n) is 3.64. The Morgan fingerprint density at radius 2 is 2.06 bits per heavy atom. The fourth-order valence-corrected chi connectivity index (χ4v) is 3.53. The van der Waals surface area contributed by atoms with Gasteiger partial charge in [-0.15, -0.1) is 11.3 Å². The minimum Gasteiger partial charge on any atom is -0.496 e. The summed E-state index contributed by atoms with van der Waals surface area (Å²) >= 11 is 1.66. The van der Waals surface area contributed by atoms with Gasteiger partial charge in [0.15, 0.2) is 0 Å². The first-order valence-corrected chi connectivity index (χ1v) is 7.16. The van der Waals surface area contributed by atoms with Crippen LogP contribution in [0.25, 0.3) is 0 Å². The highest BCUT2D eigenvalue weighted by Crippen LogP contribution is 2.34. The summed E-state index contributed by atoms with van der Waals surface area (Å²) in [5.74, 6) is 0.896. The number of methoxy groups -OCH3 is 1. The summed E-state index contributed by atoms with van der Waals surface area (Å²) in [5.41, 5.74) is 10.5.